The molecule has 1 atom stereocenters. The standard InChI is InChI=1S/C14H17F3N2O2/c1-13(18,14(15,16)17)12(20)19-7-3-4-9-8-10(21-2)5-6-11(9)19/h5-6,8H,3-4,7,18H2,1-2H3. The summed E-state index contributed by atoms with van der Waals surface area (Å²) < 4.78 is 43.9. The highest BCUT2D eigenvalue weighted by Gasteiger charge is 2.55. The lowest BCUT2D eigenvalue weighted by Crippen LogP contribution is -2.63. The van der Waals surface area contributed by atoms with Gasteiger partial charge in [0.05, 0.1) is 7.11 Å². The molecular weight excluding hydrogens is 285 g/mol. The van der Waals surface area contributed by atoms with E-state index in [1.165, 1.54) is 7.11 Å². The van der Waals surface area contributed by atoms with E-state index in [1.807, 2.05) is 0 Å². The highest BCUT2D eigenvalue weighted by Crippen LogP contribution is 2.35. The van der Waals surface area contributed by atoms with E-state index in [0.29, 0.717) is 31.2 Å². The zero-order valence-electron chi connectivity index (χ0n) is 11.8. The van der Waals surface area contributed by atoms with Crippen LogP contribution in [0.25, 0.3) is 0 Å². The molecular formula is C14H17F3N2O2. The maximum Gasteiger partial charge on any atom is 0.415 e. The Hall–Kier alpha value is -1.76. The molecule has 4 nitrogen and oxygen atoms in total. The first-order chi connectivity index (χ1) is 9.68. The summed E-state index contributed by atoms with van der Waals surface area (Å²) in [6, 6.07) is 4.94. The topological polar surface area (TPSA) is 55.6 Å². The zero-order valence-corrected chi connectivity index (χ0v) is 11.8. The summed E-state index contributed by atoms with van der Waals surface area (Å²) in [6.45, 7) is 0.925. The van der Waals surface area contributed by atoms with Gasteiger partial charge in [-0.1, -0.05) is 0 Å². The summed E-state index contributed by atoms with van der Waals surface area (Å²) in [5, 5.41) is 0. The van der Waals surface area contributed by atoms with E-state index in [4.69, 9.17) is 10.5 Å². The number of hydrogen-bond acceptors (Lipinski definition) is 3. The Balaban J connectivity index is 2.38. The fourth-order valence-corrected chi connectivity index (χ4v) is 2.31. The molecule has 0 saturated carbocycles. The van der Waals surface area contributed by atoms with Crippen LogP contribution in [0.3, 0.4) is 0 Å². The van der Waals surface area contributed by atoms with Crippen LogP contribution in [0.4, 0.5) is 18.9 Å². The first kappa shape index (κ1) is 15.6. The van der Waals surface area contributed by atoms with Gasteiger partial charge in [0.25, 0.3) is 5.91 Å². The van der Waals surface area contributed by atoms with Gasteiger partial charge in [0.1, 0.15) is 5.75 Å². The molecule has 0 aliphatic carbocycles. The third kappa shape index (κ3) is 2.70. The van der Waals surface area contributed by atoms with Crippen LogP contribution < -0.4 is 15.4 Å². The van der Waals surface area contributed by atoms with Gasteiger partial charge in [-0.05, 0) is 43.5 Å². The smallest absolute Gasteiger partial charge is 0.415 e. The number of benzene rings is 1. The van der Waals surface area contributed by atoms with Gasteiger partial charge in [0.15, 0.2) is 5.54 Å². The minimum absolute atomic E-state index is 0.223. The van der Waals surface area contributed by atoms with Gasteiger partial charge in [0, 0.05) is 12.2 Å². The lowest BCUT2D eigenvalue weighted by molar-refractivity contribution is -0.185. The minimum Gasteiger partial charge on any atom is -0.497 e. The van der Waals surface area contributed by atoms with Crippen molar-refractivity contribution in [3.63, 3.8) is 0 Å². The van der Waals surface area contributed by atoms with Crippen LogP contribution in [-0.2, 0) is 11.2 Å². The normalized spacial score (nSPS) is 17.9. The van der Waals surface area contributed by atoms with Crippen molar-refractivity contribution < 1.29 is 22.7 Å². The number of alkyl halides is 3. The average molecular weight is 302 g/mol. The van der Waals surface area contributed by atoms with Crippen molar-refractivity contribution >= 4 is 11.6 Å². The average Bonchev–Trinajstić information content (AvgIpc) is 2.43. The van der Waals surface area contributed by atoms with Gasteiger partial charge in [-0.15, -0.1) is 0 Å². The van der Waals surface area contributed by atoms with E-state index >= 15 is 0 Å². The summed E-state index contributed by atoms with van der Waals surface area (Å²) in [7, 11) is 1.51. The molecule has 0 spiro atoms. The molecule has 0 saturated heterocycles. The third-order valence-corrected chi connectivity index (χ3v) is 3.68. The van der Waals surface area contributed by atoms with Crippen LogP contribution in [0.15, 0.2) is 18.2 Å². The number of fused-ring (bicyclic) bond motifs is 1. The second kappa shape index (κ2) is 5.22. The molecule has 1 aromatic carbocycles. The second-order valence-electron chi connectivity index (χ2n) is 5.26. The molecule has 7 heteroatoms. The van der Waals surface area contributed by atoms with Gasteiger partial charge in [-0.3, -0.25) is 4.79 Å². The van der Waals surface area contributed by atoms with Crippen molar-refractivity contribution in [1.29, 1.82) is 0 Å². The predicted molar refractivity (Wildman–Crippen MR) is 72.3 cm³/mol. The van der Waals surface area contributed by atoms with Crippen molar-refractivity contribution in [1.82, 2.24) is 0 Å². The minimum atomic E-state index is -4.80. The molecule has 2 N–H and O–H groups in total. The molecule has 1 aromatic rings. The van der Waals surface area contributed by atoms with Crippen LogP contribution in [0.1, 0.15) is 18.9 Å². The number of carbonyl (C=O) groups is 1. The molecule has 0 fully saturated rings. The molecule has 1 heterocycles. The number of rotatable bonds is 2. The Labute approximate surface area is 120 Å². The van der Waals surface area contributed by atoms with Crippen molar-refractivity contribution in [2.45, 2.75) is 31.5 Å². The zero-order chi connectivity index (χ0) is 15.8. The molecule has 1 aliphatic heterocycles. The molecule has 1 amide bonds. The molecule has 2 rings (SSSR count). The van der Waals surface area contributed by atoms with Gasteiger partial charge >= 0.3 is 6.18 Å². The number of nitrogens with zero attached hydrogens (tertiary/aromatic N) is 1. The quantitative estimate of drug-likeness (QED) is 0.911. The largest absolute Gasteiger partial charge is 0.497 e. The monoisotopic (exact) mass is 302 g/mol. The Morgan fingerprint density at radius 2 is 2.05 bits per heavy atom. The number of amides is 1. The SMILES string of the molecule is COc1ccc2c(c1)CCCN2C(=O)C(C)(N)C(F)(F)F. The number of aryl methyl sites for hydroxylation is 1. The van der Waals surface area contributed by atoms with E-state index < -0.39 is 17.6 Å². The van der Waals surface area contributed by atoms with Crippen molar-refractivity contribution in [3.05, 3.63) is 23.8 Å². The van der Waals surface area contributed by atoms with E-state index in [0.717, 1.165) is 10.5 Å². The Morgan fingerprint density at radius 3 is 2.62 bits per heavy atom. The van der Waals surface area contributed by atoms with Crippen LogP contribution in [-0.4, -0.2) is 31.3 Å². The van der Waals surface area contributed by atoms with E-state index in [9.17, 15) is 18.0 Å². The summed E-state index contributed by atoms with van der Waals surface area (Å²) in [5.41, 5.74) is 3.59. The molecule has 116 valence electrons. The van der Waals surface area contributed by atoms with Crippen molar-refractivity contribution in [2.75, 3.05) is 18.6 Å². The van der Waals surface area contributed by atoms with Crippen molar-refractivity contribution in [2.24, 2.45) is 5.73 Å². The Morgan fingerprint density at radius 1 is 1.38 bits per heavy atom. The maximum absolute atomic E-state index is 12.9. The maximum atomic E-state index is 12.9. The van der Waals surface area contributed by atoms with Crippen LogP contribution in [0.5, 0.6) is 5.75 Å². The van der Waals surface area contributed by atoms with E-state index in [-0.39, 0.29) is 6.54 Å². The molecule has 21 heavy (non-hydrogen) atoms. The third-order valence-electron chi connectivity index (χ3n) is 3.68. The highest BCUT2D eigenvalue weighted by atomic mass is 19.4. The summed E-state index contributed by atoms with van der Waals surface area (Å²) in [4.78, 5) is 13.4. The van der Waals surface area contributed by atoms with Crippen LogP contribution >= 0.6 is 0 Å². The Kier molecular flexibility index (Phi) is 3.88. The fraction of sp³-hybridized carbons (Fsp3) is 0.500. The van der Waals surface area contributed by atoms with Gasteiger partial charge in [-0.2, -0.15) is 13.2 Å². The number of methoxy groups -OCH3 is 1. The lowest BCUT2D eigenvalue weighted by atomic mass is 9.96. The molecule has 1 aliphatic rings. The fourth-order valence-electron chi connectivity index (χ4n) is 2.31. The number of hydrogen-bond donors (Lipinski definition) is 1. The number of ether oxygens (including phenoxy) is 1. The predicted octanol–water partition coefficient (Wildman–Crippen LogP) is 2.25. The lowest BCUT2D eigenvalue weighted by Gasteiger charge is -2.36. The summed E-state index contributed by atoms with van der Waals surface area (Å²) >= 11 is 0. The summed E-state index contributed by atoms with van der Waals surface area (Å²) in [6.07, 6.45) is -3.53. The summed E-state index contributed by atoms with van der Waals surface area (Å²) in [5.74, 6) is -0.532. The second-order valence-corrected chi connectivity index (χ2v) is 5.26. The highest BCUT2D eigenvalue weighted by molar-refractivity contribution is 6.01. The van der Waals surface area contributed by atoms with Gasteiger partial charge in [-0.25, -0.2) is 0 Å². The number of halogens is 3. The van der Waals surface area contributed by atoms with Crippen LogP contribution in [0, 0.1) is 0 Å². The Bertz CT molecular complexity index is 556. The number of nitrogens with two attached hydrogens (primary N) is 1. The first-order valence-corrected chi connectivity index (χ1v) is 6.53. The number of anilines is 1. The van der Waals surface area contributed by atoms with Crippen molar-refractivity contribution in [3.8, 4) is 5.75 Å². The van der Waals surface area contributed by atoms with Crippen LogP contribution in [0.2, 0.25) is 0 Å². The molecule has 0 radical (unpaired) electrons. The number of carbonyl (C=O) groups excluding carboxylic acids is 1. The van der Waals surface area contributed by atoms with E-state index in [1.54, 1.807) is 18.2 Å². The van der Waals surface area contributed by atoms with Gasteiger partial charge in [0.2, 0.25) is 0 Å². The molecule has 0 aromatic heterocycles. The molecule has 0 bridgehead atoms. The molecule has 1 unspecified atom stereocenters. The first-order valence-electron chi connectivity index (χ1n) is 6.53. The van der Waals surface area contributed by atoms with Gasteiger partial charge < -0.3 is 15.4 Å². The van der Waals surface area contributed by atoms with E-state index in [2.05, 4.69) is 0 Å².